The van der Waals surface area contributed by atoms with Gasteiger partial charge in [0.2, 0.25) is 10.0 Å². The molecule has 0 radical (unpaired) electrons. The van der Waals surface area contributed by atoms with Gasteiger partial charge in [-0.2, -0.15) is 4.31 Å². The molecule has 0 N–H and O–H groups in total. The van der Waals surface area contributed by atoms with Crippen LogP contribution in [0.3, 0.4) is 0 Å². The Labute approximate surface area is 133 Å². The minimum Gasteiger partial charge on any atom is -0.464 e. The van der Waals surface area contributed by atoms with E-state index in [1.54, 1.807) is 6.07 Å². The molecule has 0 bridgehead atoms. The zero-order valence-corrected chi connectivity index (χ0v) is 13.6. The van der Waals surface area contributed by atoms with Crippen LogP contribution in [0.2, 0.25) is 0 Å². The molecular formula is C16H17F2NO3S. The molecule has 23 heavy (non-hydrogen) atoms. The van der Waals surface area contributed by atoms with Crippen LogP contribution in [0.25, 0.3) is 0 Å². The number of hydrogen-bond donors (Lipinski definition) is 0. The van der Waals surface area contributed by atoms with Gasteiger partial charge in [0, 0.05) is 13.0 Å². The molecule has 1 aromatic heterocycles. The second-order valence-electron chi connectivity index (χ2n) is 5.96. The average Bonchev–Trinajstić information content (AvgIpc) is 3.04. The SMILES string of the molecule is C[C@H]1C[C@@H]1c1ccc(CN(C)S(=O)(=O)c2cc(F)ccc2F)o1. The Morgan fingerprint density at radius 2 is 1.96 bits per heavy atom. The third kappa shape index (κ3) is 3.16. The molecule has 4 nitrogen and oxygen atoms in total. The summed E-state index contributed by atoms with van der Waals surface area (Å²) in [5.74, 6) is 0.506. The predicted molar refractivity (Wildman–Crippen MR) is 80.2 cm³/mol. The maximum atomic E-state index is 13.7. The normalized spacial score (nSPS) is 20.9. The molecule has 1 aliphatic rings. The average molecular weight is 341 g/mol. The van der Waals surface area contributed by atoms with Crippen molar-refractivity contribution in [3.63, 3.8) is 0 Å². The molecule has 1 heterocycles. The zero-order valence-electron chi connectivity index (χ0n) is 12.8. The monoisotopic (exact) mass is 341 g/mol. The van der Waals surface area contributed by atoms with Crippen LogP contribution in [-0.2, 0) is 16.6 Å². The van der Waals surface area contributed by atoms with Gasteiger partial charge in [-0.15, -0.1) is 0 Å². The Morgan fingerprint density at radius 1 is 1.26 bits per heavy atom. The van der Waals surface area contributed by atoms with Crippen molar-refractivity contribution < 1.29 is 21.6 Å². The third-order valence-electron chi connectivity index (χ3n) is 4.12. The minimum absolute atomic E-state index is 0.0423. The fraction of sp³-hybridized carbons (Fsp3) is 0.375. The smallest absolute Gasteiger partial charge is 0.246 e. The lowest BCUT2D eigenvalue weighted by atomic mass is 10.3. The fourth-order valence-electron chi connectivity index (χ4n) is 2.54. The van der Waals surface area contributed by atoms with Gasteiger partial charge in [-0.3, -0.25) is 0 Å². The summed E-state index contributed by atoms with van der Waals surface area (Å²) in [7, 11) is -2.83. The summed E-state index contributed by atoms with van der Waals surface area (Å²) in [6.45, 7) is 2.08. The summed E-state index contributed by atoms with van der Waals surface area (Å²) in [6.07, 6.45) is 1.07. The number of benzene rings is 1. The van der Waals surface area contributed by atoms with Crippen molar-refractivity contribution in [2.45, 2.75) is 30.7 Å². The van der Waals surface area contributed by atoms with E-state index in [-0.39, 0.29) is 6.54 Å². The van der Waals surface area contributed by atoms with Crippen molar-refractivity contribution in [2.75, 3.05) is 7.05 Å². The first-order chi connectivity index (χ1) is 10.8. The molecule has 0 saturated heterocycles. The Bertz CT molecular complexity index is 832. The lowest BCUT2D eigenvalue weighted by molar-refractivity contribution is 0.388. The van der Waals surface area contributed by atoms with Crippen LogP contribution in [0.15, 0.2) is 39.6 Å². The van der Waals surface area contributed by atoms with Crippen molar-refractivity contribution in [2.24, 2.45) is 5.92 Å². The number of furan rings is 1. The van der Waals surface area contributed by atoms with Crippen molar-refractivity contribution in [3.05, 3.63) is 53.5 Å². The van der Waals surface area contributed by atoms with Gasteiger partial charge >= 0.3 is 0 Å². The van der Waals surface area contributed by atoms with E-state index < -0.39 is 26.6 Å². The second-order valence-corrected chi connectivity index (χ2v) is 7.97. The lowest BCUT2D eigenvalue weighted by Crippen LogP contribution is -2.27. The quantitative estimate of drug-likeness (QED) is 0.836. The highest BCUT2D eigenvalue weighted by Gasteiger charge is 2.36. The molecule has 2 atom stereocenters. The van der Waals surface area contributed by atoms with E-state index in [0.717, 1.165) is 28.6 Å². The third-order valence-corrected chi connectivity index (χ3v) is 5.94. The summed E-state index contributed by atoms with van der Waals surface area (Å²) < 4.78 is 58.4. The second kappa shape index (κ2) is 5.72. The van der Waals surface area contributed by atoms with Crippen LogP contribution in [0.4, 0.5) is 8.78 Å². The molecule has 1 saturated carbocycles. The largest absolute Gasteiger partial charge is 0.464 e. The highest BCUT2D eigenvalue weighted by atomic mass is 32.2. The molecule has 0 aliphatic heterocycles. The van der Waals surface area contributed by atoms with Crippen molar-refractivity contribution in [3.8, 4) is 0 Å². The summed E-state index contributed by atoms with van der Waals surface area (Å²) in [6, 6.07) is 5.92. The number of sulfonamides is 1. The van der Waals surface area contributed by atoms with Gasteiger partial charge in [0.05, 0.1) is 6.54 Å². The first-order valence-electron chi connectivity index (χ1n) is 7.29. The van der Waals surface area contributed by atoms with Crippen molar-refractivity contribution in [1.29, 1.82) is 0 Å². The van der Waals surface area contributed by atoms with Crippen LogP contribution in [0, 0.1) is 17.6 Å². The van der Waals surface area contributed by atoms with Gasteiger partial charge in [0.25, 0.3) is 0 Å². The zero-order chi connectivity index (χ0) is 16.8. The molecule has 0 spiro atoms. The summed E-state index contributed by atoms with van der Waals surface area (Å²) >= 11 is 0. The first-order valence-corrected chi connectivity index (χ1v) is 8.73. The van der Waals surface area contributed by atoms with Gasteiger partial charge in [0.15, 0.2) is 0 Å². The highest BCUT2D eigenvalue weighted by molar-refractivity contribution is 7.89. The highest BCUT2D eigenvalue weighted by Crippen LogP contribution is 2.47. The van der Waals surface area contributed by atoms with Gasteiger partial charge in [-0.05, 0) is 42.7 Å². The number of hydrogen-bond acceptors (Lipinski definition) is 3. The molecule has 0 unspecified atom stereocenters. The van der Waals surface area contributed by atoms with E-state index in [1.807, 2.05) is 6.07 Å². The molecule has 7 heteroatoms. The summed E-state index contributed by atoms with van der Waals surface area (Å²) in [5, 5.41) is 0. The summed E-state index contributed by atoms with van der Waals surface area (Å²) in [5.41, 5.74) is 0. The molecule has 3 rings (SSSR count). The topological polar surface area (TPSA) is 50.5 Å². The first kappa shape index (κ1) is 16.1. The van der Waals surface area contributed by atoms with Crippen LogP contribution < -0.4 is 0 Å². The fourth-order valence-corrected chi connectivity index (χ4v) is 3.75. The van der Waals surface area contributed by atoms with Crippen LogP contribution >= 0.6 is 0 Å². The molecule has 124 valence electrons. The number of nitrogens with zero attached hydrogens (tertiary/aromatic N) is 1. The maximum Gasteiger partial charge on any atom is 0.246 e. The molecular weight excluding hydrogens is 324 g/mol. The van der Waals surface area contributed by atoms with Crippen molar-refractivity contribution in [1.82, 2.24) is 4.31 Å². The lowest BCUT2D eigenvalue weighted by Gasteiger charge is -2.16. The van der Waals surface area contributed by atoms with Gasteiger partial charge < -0.3 is 4.42 Å². The van der Waals surface area contributed by atoms with Gasteiger partial charge in [-0.1, -0.05) is 6.92 Å². The molecule has 1 fully saturated rings. The molecule has 1 aromatic carbocycles. The summed E-state index contributed by atoms with van der Waals surface area (Å²) in [4.78, 5) is -0.678. The standard InChI is InChI=1S/C16H17F2NO3S/c1-10-7-13(10)15-6-4-12(22-15)9-19(2)23(20,21)16-8-11(17)3-5-14(16)18/h3-6,8,10,13H,7,9H2,1-2H3/t10-,13-/m0/s1. The van der Waals surface area contributed by atoms with E-state index in [0.29, 0.717) is 23.7 Å². The number of halogens is 2. The predicted octanol–water partition coefficient (Wildman–Crippen LogP) is 3.50. The Balaban J connectivity index is 1.80. The van der Waals surface area contributed by atoms with E-state index in [1.165, 1.54) is 7.05 Å². The molecule has 1 aliphatic carbocycles. The Hall–Kier alpha value is -1.73. The Morgan fingerprint density at radius 3 is 2.61 bits per heavy atom. The van der Waals surface area contributed by atoms with E-state index in [2.05, 4.69) is 6.92 Å². The van der Waals surface area contributed by atoms with E-state index in [9.17, 15) is 17.2 Å². The number of rotatable bonds is 5. The van der Waals surface area contributed by atoms with E-state index >= 15 is 0 Å². The molecule has 0 amide bonds. The van der Waals surface area contributed by atoms with Gasteiger partial charge in [0.1, 0.15) is 28.1 Å². The molecule has 2 aromatic rings. The van der Waals surface area contributed by atoms with Gasteiger partial charge in [-0.25, -0.2) is 17.2 Å². The minimum atomic E-state index is -4.14. The van der Waals surface area contributed by atoms with Crippen LogP contribution in [-0.4, -0.2) is 19.8 Å². The van der Waals surface area contributed by atoms with E-state index in [4.69, 9.17) is 4.42 Å². The van der Waals surface area contributed by atoms with Crippen LogP contribution in [0.5, 0.6) is 0 Å². The van der Waals surface area contributed by atoms with Crippen LogP contribution in [0.1, 0.15) is 30.8 Å². The Kier molecular flexibility index (Phi) is 4.01. The van der Waals surface area contributed by atoms with Crippen molar-refractivity contribution >= 4 is 10.0 Å². The maximum absolute atomic E-state index is 13.7.